The smallest absolute Gasteiger partial charge is 0.185 e. The normalized spacial score (nSPS) is 19.6. The molecule has 20 heavy (non-hydrogen) atoms. The van der Waals surface area contributed by atoms with Crippen molar-refractivity contribution in [1.29, 1.82) is 0 Å². The highest BCUT2D eigenvalue weighted by Crippen LogP contribution is 2.44. The predicted octanol–water partition coefficient (Wildman–Crippen LogP) is 2.48. The molecule has 2 aliphatic rings. The number of methoxy groups -OCH3 is 1. The molecule has 0 aliphatic carbocycles. The van der Waals surface area contributed by atoms with Crippen molar-refractivity contribution in [3.05, 3.63) is 35.8 Å². The van der Waals surface area contributed by atoms with Crippen molar-refractivity contribution in [3.8, 4) is 5.75 Å². The molecule has 4 nitrogen and oxygen atoms in total. The number of thiazole rings is 1. The van der Waals surface area contributed by atoms with Gasteiger partial charge in [-0.05, 0) is 24.3 Å². The van der Waals surface area contributed by atoms with Crippen LogP contribution in [0.25, 0.3) is 0 Å². The Labute approximate surface area is 122 Å². The van der Waals surface area contributed by atoms with Crippen molar-refractivity contribution in [2.24, 2.45) is 5.41 Å². The molecular weight excluding hydrogens is 270 g/mol. The minimum atomic E-state index is 0.492. The van der Waals surface area contributed by atoms with E-state index in [0.717, 1.165) is 31.9 Å². The van der Waals surface area contributed by atoms with Crippen LogP contribution in [-0.4, -0.2) is 38.3 Å². The molecule has 2 saturated heterocycles. The Morgan fingerprint density at radius 2 is 1.80 bits per heavy atom. The van der Waals surface area contributed by atoms with E-state index in [1.54, 1.807) is 18.4 Å². The summed E-state index contributed by atoms with van der Waals surface area (Å²) in [6.45, 7) is 4.60. The molecule has 1 spiro atoms. The summed E-state index contributed by atoms with van der Waals surface area (Å²) in [6.07, 6.45) is 1.88. The van der Waals surface area contributed by atoms with Crippen LogP contribution in [0.4, 0.5) is 10.8 Å². The van der Waals surface area contributed by atoms with Crippen LogP contribution in [0.1, 0.15) is 0 Å². The molecule has 0 N–H and O–H groups in total. The Hall–Kier alpha value is -1.75. The fraction of sp³-hybridized carbons (Fsp3) is 0.400. The molecular formula is C15H17N3OS. The molecule has 1 aromatic carbocycles. The van der Waals surface area contributed by atoms with Gasteiger partial charge in [-0.1, -0.05) is 0 Å². The van der Waals surface area contributed by atoms with Crippen LogP contribution in [0, 0.1) is 5.41 Å². The minimum Gasteiger partial charge on any atom is -0.497 e. The summed E-state index contributed by atoms with van der Waals surface area (Å²) in [5, 5.41) is 3.21. The van der Waals surface area contributed by atoms with Crippen LogP contribution in [-0.2, 0) is 0 Å². The maximum absolute atomic E-state index is 5.20. The van der Waals surface area contributed by atoms with Gasteiger partial charge in [0.05, 0.1) is 7.11 Å². The largest absolute Gasteiger partial charge is 0.497 e. The summed E-state index contributed by atoms with van der Waals surface area (Å²) in [5.41, 5.74) is 1.79. The second kappa shape index (κ2) is 4.38. The number of nitrogens with zero attached hydrogens (tertiary/aromatic N) is 3. The number of anilines is 2. The van der Waals surface area contributed by atoms with E-state index < -0.39 is 0 Å². The zero-order chi connectivity index (χ0) is 13.6. The average Bonchev–Trinajstić information content (AvgIpc) is 2.90. The van der Waals surface area contributed by atoms with Crippen molar-refractivity contribution in [2.45, 2.75) is 0 Å². The molecule has 2 aliphatic heterocycles. The van der Waals surface area contributed by atoms with E-state index >= 15 is 0 Å². The first-order valence-corrected chi connectivity index (χ1v) is 7.69. The molecule has 0 bridgehead atoms. The lowest BCUT2D eigenvalue weighted by atomic mass is 9.73. The van der Waals surface area contributed by atoms with Crippen LogP contribution in [0.3, 0.4) is 0 Å². The van der Waals surface area contributed by atoms with Gasteiger partial charge in [-0.15, -0.1) is 11.3 Å². The second-order valence-electron chi connectivity index (χ2n) is 5.72. The van der Waals surface area contributed by atoms with Crippen molar-refractivity contribution < 1.29 is 4.74 Å². The first-order chi connectivity index (χ1) is 9.78. The van der Waals surface area contributed by atoms with Gasteiger partial charge >= 0.3 is 0 Å². The van der Waals surface area contributed by atoms with Gasteiger partial charge in [-0.3, -0.25) is 0 Å². The molecule has 104 valence electrons. The van der Waals surface area contributed by atoms with Crippen molar-refractivity contribution >= 4 is 22.2 Å². The van der Waals surface area contributed by atoms with Gasteiger partial charge in [0.1, 0.15) is 5.75 Å². The monoisotopic (exact) mass is 287 g/mol. The SMILES string of the molecule is COc1ccc(N2CC3(C2)CN(c2nccs2)C3)cc1. The highest BCUT2D eigenvalue weighted by molar-refractivity contribution is 7.13. The lowest BCUT2D eigenvalue weighted by molar-refractivity contribution is 0.156. The summed E-state index contributed by atoms with van der Waals surface area (Å²) in [7, 11) is 1.70. The Balaban J connectivity index is 1.36. The third-order valence-corrected chi connectivity index (χ3v) is 5.06. The van der Waals surface area contributed by atoms with Crippen LogP contribution < -0.4 is 14.5 Å². The van der Waals surface area contributed by atoms with Crippen molar-refractivity contribution in [2.75, 3.05) is 43.1 Å². The molecule has 5 heteroatoms. The Bertz CT molecular complexity index is 582. The maximum Gasteiger partial charge on any atom is 0.185 e. The first-order valence-electron chi connectivity index (χ1n) is 6.82. The molecule has 1 aromatic heterocycles. The number of hydrogen-bond acceptors (Lipinski definition) is 5. The van der Waals surface area contributed by atoms with E-state index in [9.17, 15) is 0 Å². The molecule has 2 fully saturated rings. The quantitative estimate of drug-likeness (QED) is 0.867. The number of hydrogen-bond donors (Lipinski definition) is 0. The molecule has 0 saturated carbocycles. The zero-order valence-electron chi connectivity index (χ0n) is 11.5. The van der Waals surface area contributed by atoms with E-state index in [1.165, 1.54) is 10.8 Å². The highest BCUT2D eigenvalue weighted by Gasteiger charge is 2.52. The molecule has 0 atom stereocenters. The zero-order valence-corrected chi connectivity index (χ0v) is 12.3. The molecule has 4 rings (SSSR count). The van der Waals surface area contributed by atoms with E-state index in [2.05, 4.69) is 26.9 Å². The van der Waals surface area contributed by atoms with E-state index in [4.69, 9.17) is 4.74 Å². The fourth-order valence-electron chi connectivity index (χ4n) is 3.21. The Morgan fingerprint density at radius 3 is 2.40 bits per heavy atom. The third kappa shape index (κ3) is 1.85. The van der Waals surface area contributed by atoms with Crippen molar-refractivity contribution in [1.82, 2.24) is 4.98 Å². The molecule has 0 amide bonds. The van der Waals surface area contributed by atoms with Crippen LogP contribution >= 0.6 is 11.3 Å². The molecule has 0 radical (unpaired) electrons. The second-order valence-corrected chi connectivity index (χ2v) is 6.60. The lowest BCUT2D eigenvalue weighted by Gasteiger charge is -2.61. The Kier molecular flexibility index (Phi) is 2.63. The van der Waals surface area contributed by atoms with Gasteiger partial charge < -0.3 is 14.5 Å². The van der Waals surface area contributed by atoms with Gasteiger partial charge in [0, 0.05) is 48.9 Å². The van der Waals surface area contributed by atoms with Crippen molar-refractivity contribution in [3.63, 3.8) is 0 Å². The predicted molar refractivity (Wildman–Crippen MR) is 82.0 cm³/mol. The van der Waals surface area contributed by atoms with E-state index in [0.29, 0.717) is 5.41 Å². The van der Waals surface area contributed by atoms with E-state index in [1.807, 2.05) is 23.7 Å². The fourth-order valence-corrected chi connectivity index (χ4v) is 3.85. The van der Waals surface area contributed by atoms with Crippen LogP contribution in [0.2, 0.25) is 0 Å². The summed E-state index contributed by atoms with van der Waals surface area (Å²) in [4.78, 5) is 9.20. The van der Waals surface area contributed by atoms with Gasteiger partial charge in [-0.2, -0.15) is 0 Å². The van der Waals surface area contributed by atoms with E-state index in [-0.39, 0.29) is 0 Å². The summed E-state index contributed by atoms with van der Waals surface area (Å²) in [5.74, 6) is 0.919. The van der Waals surface area contributed by atoms with Gasteiger partial charge in [0.25, 0.3) is 0 Å². The maximum atomic E-state index is 5.20. The van der Waals surface area contributed by atoms with Gasteiger partial charge in [0.15, 0.2) is 5.13 Å². The topological polar surface area (TPSA) is 28.6 Å². The minimum absolute atomic E-state index is 0.492. The number of aromatic nitrogens is 1. The van der Waals surface area contributed by atoms with Gasteiger partial charge in [-0.25, -0.2) is 4.98 Å². The van der Waals surface area contributed by atoms with Crippen LogP contribution in [0.5, 0.6) is 5.75 Å². The number of benzene rings is 1. The molecule has 2 aromatic rings. The van der Waals surface area contributed by atoms with Gasteiger partial charge in [0.2, 0.25) is 0 Å². The number of ether oxygens (including phenoxy) is 1. The molecule has 0 unspecified atom stereocenters. The summed E-state index contributed by atoms with van der Waals surface area (Å²) in [6, 6.07) is 8.35. The molecule has 3 heterocycles. The van der Waals surface area contributed by atoms with Crippen LogP contribution in [0.15, 0.2) is 35.8 Å². The number of rotatable bonds is 3. The average molecular weight is 287 g/mol. The lowest BCUT2D eigenvalue weighted by Crippen LogP contribution is -2.72. The summed E-state index contributed by atoms with van der Waals surface area (Å²) < 4.78 is 5.20. The third-order valence-electron chi connectivity index (χ3n) is 4.23. The summed E-state index contributed by atoms with van der Waals surface area (Å²) >= 11 is 1.73. The first kappa shape index (κ1) is 12.0. The Morgan fingerprint density at radius 1 is 1.10 bits per heavy atom. The standard InChI is InChI=1S/C15H17N3OS/c1-19-13-4-2-12(3-5-13)17-8-15(9-17)10-18(11-15)14-16-6-7-20-14/h2-7H,8-11H2,1H3. The highest BCUT2D eigenvalue weighted by atomic mass is 32.1.